The fourth-order valence-electron chi connectivity index (χ4n) is 2.70. The zero-order valence-electron chi connectivity index (χ0n) is 12.8. The molecule has 108 valence electrons. The summed E-state index contributed by atoms with van der Waals surface area (Å²) in [5.41, 5.74) is 4.89. The van der Waals surface area contributed by atoms with Crippen LogP contribution in [0.2, 0.25) is 0 Å². The van der Waals surface area contributed by atoms with Crippen molar-refractivity contribution in [1.82, 2.24) is 10.3 Å². The first kappa shape index (κ1) is 16.1. The molecule has 1 aromatic heterocycles. The largest absolute Gasteiger partial charge is 0.396 e. The molecule has 1 atom stereocenters. The van der Waals surface area contributed by atoms with Crippen LogP contribution in [0, 0.1) is 20.8 Å². The minimum Gasteiger partial charge on any atom is -0.396 e. The van der Waals surface area contributed by atoms with Crippen LogP contribution >= 0.6 is 0 Å². The quantitative estimate of drug-likeness (QED) is 0.709. The number of aliphatic hydroxyl groups excluding tert-OH is 1. The summed E-state index contributed by atoms with van der Waals surface area (Å²) < 4.78 is 0. The molecule has 0 aliphatic rings. The standard InChI is InChI=1S/C16H28N2O/c1-12-11-13(2)18-15(4)16(12)14(3)17-9-7-5-6-8-10-19/h11,14,17,19H,5-10H2,1-4H3. The molecule has 1 rings (SSSR count). The maximum atomic E-state index is 8.72. The molecule has 19 heavy (non-hydrogen) atoms. The Morgan fingerprint density at radius 1 is 1.16 bits per heavy atom. The molecule has 1 unspecified atom stereocenters. The lowest BCUT2D eigenvalue weighted by Crippen LogP contribution is -2.22. The van der Waals surface area contributed by atoms with E-state index in [9.17, 15) is 0 Å². The van der Waals surface area contributed by atoms with Crippen LogP contribution in [0.25, 0.3) is 0 Å². The van der Waals surface area contributed by atoms with Crippen molar-refractivity contribution in [2.24, 2.45) is 0 Å². The molecule has 0 bridgehead atoms. The second-order valence-corrected chi connectivity index (χ2v) is 5.39. The van der Waals surface area contributed by atoms with Gasteiger partial charge in [0, 0.05) is 24.0 Å². The van der Waals surface area contributed by atoms with Gasteiger partial charge in [-0.3, -0.25) is 4.98 Å². The lowest BCUT2D eigenvalue weighted by molar-refractivity contribution is 0.282. The van der Waals surface area contributed by atoms with E-state index in [0.29, 0.717) is 12.6 Å². The van der Waals surface area contributed by atoms with Gasteiger partial charge in [0.15, 0.2) is 0 Å². The molecule has 0 aromatic carbocycles. The first-order valence-corrected chi connectivity index (χ1v) is 7.35. The van der Waals surface area contributed by atoms with Crippen LogP contribution in [0.3, 0.4) is 0 Å². The number of unbranched alkanes of at least 4 members (excludes halogenated alkanes) is 3. The van der Waals surface area contributed by atoms with E-state index in [-0.39, 0.29) is 0 Å². The molecule has 0 spiro atoms. The molecule has 0 saturated heterocycles. The van der Waals surface area contributed by atoms with Gasteiger partial charge in [0.1, 0.15) is 0 Å². The third-order valence-electron chi connectivity index (χ3n) is 3.55. The average molecular weight is 264 g/mol. The summed E-state index contributed by atoms with van der Waals surface area (Å²) in [6.45, 7) is 9.85. The maximum Gasteiger partial charge on any atom is 0.0431 e. The van der Waals surface area contributed by atoms with E-state index in [4.69, 9.17) is 5.11 Å². The number of nitrogens with zero attached hydrogens (tertiary/aromatic N) is 1. The average Bonchev–Trinajstić information content (AvgIpc) is 2.32. The minimum absolute atomic E-state index is 0.317. The molecule has 0 aliphatic carbocycles. The van der Waals surface area contributed by atoms with Gasteiger partial charge in [0.05, 0.1) is 0 Å². The van der Waals surface area contributed by atoms with Gasteiger partial charge in [-0.25, -0.2) is 0 Å². The number of nitrogens with one attached hydrogen (secondary N) is 1. The van der Waals surface area contributed by atoms with Crippen LogP contribution in [0.5, 0.6) is 0 Å². The van der Waals surface area contributed by atoms with Gasteiger partial charge in [-0.05, 0) is 64.3 Å². The fraction of sp³-hybridized carbons (Fsp3) is 0.688. The molecule has 3 heteroatoms. The molecule has 0 radical (unpaired) electrons. The van der Waals surface area contributed by atoms with Crippen LogP contribution in [-0.4, -0.2) is 23.2 Å². The molecular weight excluding hydrogens is 236 g/mol. The molecule has 1 aromatic rings. The number of aliphatic hydroxyl groups is 1. The molecule has 0 amide bonds. The smallest absolute Gasteiger partial charge is 0.0431 e. The van der Waals surface area contributed by atoms with Gasteiger partial charge in [-0.1, -0.05) is 12.8 Å². The summed E-state index contributed by atoms with van der Waals surface area (Å²) >= 11 is 0. The third-order valence-corrected chi connectivity index (χ3v) is 3.55. The van der Waals surface area contributed by atoms with E-state index in [1.807, 2.05) is 6.92 Å². The van der Waals surface area contributed by atoms with Crippen molar-refractivity contribution in [2.75, 3.05) is 13.2 Å². The molecule has 0 saturated carbocycles. The number of hydrogen-bond donors (Lipinski definition) is 2. The molecule has 1 heterocycles. The van der Waals surface area contributed by atoms with Gasteiger partial charge in [0.25, 0.3) is 0 Å². The number of aryl methyl sites for hydroxylation is 3. The van der Waals surface area contributed by atoms with E-state index >= 15 is 0 Å². The highest BCUT2D eigenvalue weighted by Gasteiger charge is 2.12. The SMILES string of the molecule is Cc1cc(C)c(C(C)NCCCCCCO)c(C)n1. The van der Waals surface area contributed by atoms with Gasteiger partial charge >= 0.3 is 0 Å². The Kier molecular flexibility index (Phi) is 7.03. The zero-order valence-corrected chi connectivity index (χ0v) is 12.8. The van der Waals surface area contributed by atoms with Crippen molar-refractivity contribution in [3.05, 3.63) is 28.6 Å². The van der Waals surface area contributed by atoms with Gasteiger partial charge in [0.2, 0.25) is 0 Å². The van der Waals surface area contributed by atoms with Crippen LogP contribution in [0.1, 0.15) is 61.2 Å². The number of rotatable bonds is 8. The van der Waals surface area contributed by atoms with Crippen molar-refractivity contribution in [2.45, 2.75) is 59.4 Å². The predicted octanol–water partition coefficient (Wildman–Crippen LogP) is 3.21. The Morgan fingerprint density at radius 2 is 1.84 bits per heavy atom. The second kappa shape index (κ2) is 8.28. The predicted molar refractivity (Wildman–Crippen MR) is 80.4 cm³/mol. The molecule has 2 N–H and O–H groups in total. The lowest BCUT2D eigenvalue weighted by atomic mass is 10.0. The number of pyridine rings is 1. The molecule has 0 aliphatic heterocycles. The van der Waals surface area contributed by atoms with Crippen LogP contribution in [0.4, 0.5) is 0 Å². The Balaban J connectivity index is 2.43. The zero-order chi connectivity index (χ0) is 14.3. The number of aromatic nitrogens is 1. The monoisotopic (exact) mass is 264 g/mol. The minimum atomic E-state index is 0.317. The van der Waals surface area contributed by atoms with E-state index < -0.39 is 0 Å². The van der Waals surface area contributed by atoms with Crippen LogP contribution in [0.15, 0.2) is 6.07 Å². The van der Waals surface area contributed by atoms with Crippen molar-refractivity contribution in [1.29, 1.82) is 0 Å². The highest BCUT2D eigenvalue weighted by molar-refractivity contribution is 5.33. The van der Waals surface area contributed by atoms with Gasteiger partial charge in [-0.15, -0.1) is 0 Å². The molecular formula is C16H28N2O. The number of hydrogen-bond acceptors (Lipinski definition) is 3. The Hall–Kier alpha value is -0.930. The summed E-state index contributed by atoms with van der Waals surface area (Å²) in [4.78, 5) is 4.56. The summed E-state index contributed by atoms with van der Waals surface area (Å²) in [5, 5.41) is 12.3. The Morgan fingerprint density at radius 3 is 2.47 bits per heavy atom. The van der Waals surface area contributed by atoms with Crippen molar-refractivity contribution >= 4 is 0 Å². The summed E-state index contributed by atoms with van der Waals surface area (Å²) in [5.74, 6) is 0. The van der Waals surface area contributed by atoms with E-state index in [1.54, 1.807) is 0 Å². The van der Waals surface area contributed by atoms with Gasteiger partial charge < -0.3 is 10.4 Å². The highest BCUT2D eigenvalue weighted by atomic mass is 16.2. The third kappa shape index (κ3) is 5.29. The second-order valence-electron chi connectivity index (χ2n) is 5.39. The van der Waals surface area contributed by atoms with E-state index in [2.05, 4.69) is 37.1 Å². The Bertz CT molecular complexity index is 367. The first-order valence-electron chi connectivity index (χ1n) is 7.35. The van der Waals surface area contributed by atoms with Crippen molar-refractivity contribution in [3.63, 3.8) is 0 Å². The normalized spacial score (nSPS) is 12.7. The van der Waals surface area contributed by atoms with E-state index in [0.717, 1.165) is 30.8 Å². The molecule has 3 nitrogen and oxygen atoms in total. The van der Waals surface area contributed by atoms with Gasteiger partial charge in [-0.2, -0.15) is 0 Å². The highest BCUT2D eigenvalue weighted by Crippen LogP contribution is 2.21. The van der Waals surface area contributed by atoms with Crippen molar-refractivity contribution in [3.8, 4) is 0 Å². The fourth-order valence-corrected chi connectivity index (χ4v) is 2.70. The summed E-state index contributed by atoms with van der Waals surface area (Å²) in [6.07, 6.45) is 4.40. The maximum absolute atomic E-state index is 8.72. The Labute approximate surface area is 117 Å². The first-order chi connectivity index (χ1) is 9.06. The van der Waals surface area contributed by atoms with Crippen molar-refractivity contribution < 1.29 is 5.11 Å². The molecule has 0 fully saturated rings. The lowest BCUT2D eigenvalue weighted by Gasteiger charge is -2.19. The summed E-state index contributed by atoms with van der Waals surface area (Å²) in [6, 6.07) is 2.51. The topological polar surface area (TPSA) is 45.1 Å². The van der Waals surface area contributed by atoms with Crippen LogP contribution in [-0.2, 0) is 0 Å². The van der Waals surface area contributed by atoms with Crippen LogP contribution < -0.4 is 5.32 Å². The summed E-state index contributed by atoms with van der Waals surface area (Å²) in [7, 11) is 0. The van der Waals surface area contributed by atoms with E-state index in [1.165, 1.54) is 24.0 Å².